The van der Waals surface area contributed by atoms with E-state index in [4.69, 9.17) is 5.14 Å². The van der Waals surface area contributed by atoms with Gasteiger partial charge in [0.25, 0.3) is 11.5 Å². The number of anilines is 1. The van der Waals surface area contributed by atoms with Crippen LogP contribution in [0.25, 0.3) is 10.2 Å². The van der Waals surface area contributed by atoms with Crippen LogP contribution < -0.4 is 16.0 Å². The van der Waals surface area contributed by atoms with Crippen molar-refractivity contribution in [1.29, 1.82) is 0 Å². The molecule has 0 bridgehead atoms. The minimum atomic E-state index is -3.80. The molecule has 0 unspecified atom stereocenters. The molecule has 28 heavy (non-hydrogen) atoms. The molecule has 0 atom stereocenters. The molecule has 0 aliphatic rings. The Morgan fingerprint density at radius 1 is 1.29 bits per heavy atom. The molecule has 8 nitrogen and oxygen atoms in total. The van der Waals surface area contributed by atoms with Crippen LogP contribution in [0.1, 0.15) is 35.0 Å². The van der Waals surface area contributed by atoms with E-state index in [-0.39, 0.29) is 16.4 Å². The summed E-state index contributed by atoms with van der Waals surface area (Å²) in [5.41, 5.74) is 0.855. The minimum Gasteiger partial charge on any atom is -0.321 e. The van der Waals surface area contributed by atoms with Crippen LogP contribution in [-0.4, -0.2) is 23.9 Å². The van der Waals surface area contributed by atoms with Crippen molar-refractivity contribution in [3.8, 4) is 0 Å². The Morgan fingerprint density at radius 3 is 2.57 bits per heavy atom. The van der Waals surface area contributed by atoms with E-state index in [1.54, 1.807) is 11.5 Å². The Labute approximate surface area is 166 Å². The van der Waals surface area contributed by atoms with Crippen molar-refractivity contribution in [2.24, 2.45) is 5.14 Å². The lowest BCUT2D eigenvalue weighted by Gasteiger charge is -2.05. The second kappa shape index (κ2) is 7.82. The average Bonchev–Trinajstić information content (AvgIpc) is 2.98. The standard InChI is InChI=1S/C18H20N4O4S2/c1-3-4-9-22-10-20-17-14(18(22)24)11(2)15(27-17)16(23)21-12-5-7-13(8-6-12)28(19,25)26/h5-8,10H,3-4,9H2,1-2H3,(H,21,23)(H2,19,25,26). The van der Waals surface area contributed by atoms with E-state index in [1.165, 1.54) is 30.6 Å². The monoisotopic (exact) mass is 420 g/mol. The highest BCUT2D eigenvalue weighted by molar-refractivity contribution is 7.89. The summed E-state index contributed by atoms with van der Waals surface area (Å²) in [6.45, 7) is 4.36. The number of carbonyl (C=O) groups is 1. The number of thiophene rings is 1. The lowest BCUT2D eigenvalue weighted by atomic mass is 10.2. The number of aromatic nitrogens is 2. The largest absolute Gasteiger partial charge is 0.321 e. The van der Waals surface area contributed by atoms with Crippen molar-refractivity contribution in [3.63, 3.8) is 0 Å². The smallest absolute Gasteiger partial charge is 0.266 e. The van der Waals surface area contributed by atoms with Gasteiger partial charge in [-0.25, -0.2) is 18.5 Å². The molecule has 1 aromatic carbocycles. The summed E-state index contributed by atoms with van der Waals surface area (Å²) >= 11 is 1.15. The predicted molar refractivity (Wildman–Crippen MR) is 109 cm³/mol. The van der Waals surface area contributed by atoms with E-state index < -0.39 is 10.0 Å². The number of carbonyl (C=O) groups excluding carboxylic acids is 1. The molecule has 2 aromatic heterocycles. The first-order valence-corrected chi connectivity index (χ1v) is 11.0. The van der Waals surface area contributed by atoms with Gasteiger partial charge in [0.1, 0.15) is 4.83 Å². The molecule has 0 saturated heterocycles. The number of primary sulfonamides is 1. The number of nitrogens with one attached hydrogen (secondary N) is 1. The summed E-state index contributed by atoms with van der Waals surface area (Å²) in [6, 6.07) is 5.54. The van der Waals surface area contributed by atoms with Crippen molar-refractivity contribution < 1.29 is 13.2 Å². The SMILES string of the molecule is CCCCn1cnc2sc(C(=O)Nc3ccc(S(N)(=O)=O)cc3)c(C)c2c1=O. The summed E-state index contributed by atoms with van der Waals surface area (Å²) in [7, 11) is -3.80. The Morgan fingerprint density at radius 2 is 1.96 bits per heavy atom. The van der Waals surface area contributed by atoms with Crippen LogP contribution in [0.15, 0.2) is 40.3 Å². The number of fused-ring (bicyclic) bond motifs is 1. The third-order valence-corrected chi connectivity index (χ3v) is 6.44. The predicted octanol–water partition coefficient (Wildman–Crippen LogP) is 2.47. The van der Waals surface area contributed by atoms with Gasteiger partial charge in [0, 0.05) is 12.2 Å². The van der Waals surface area contributed by atoms with Gasteiger partial charge in [-0.1, -0.05) is 13.3 Å². The molecule has 3 N–H and O–H groups in total. The van der Waals surface area contributed by atoms with Crippen LogP contribution in [0.2, 0.25) is 0 Å². The maximum absolute atomic E-state index is 12.7. The minimum absolute atomic E-state index is 0.0413. The summed E-state index contributed by atoms with van der Waals surface area (Å²) < 4.78 is 24.2. The normalized spacial score (nSPS) is 11.7. The van der Waals surface area contributed by atoms with Gasteiger partial charge >= 0.3 is 0 Å². The van der Waals surface area contributed by atoms with Gasteiger partial charge in [0.05, 0.1) is 21.5 Å². The number of sulfonamides is 1. The van der Waals surface area contributed by atoms with Crippen molar-refractivity contribution in [1.82, 2.24) is 9.55 Å². The molecule has 0 saturated carbocycles. The molecule has 148 valence electrons. The number of aryl methyl sites for hydroxylation is 2. The van der Waals surface area contributed by atoms with E-state index >= 15 is 0 Å². The highest BCUT2D eigenvalue weighted by Crippen LogP contribution is 2.27. The molecular weight excluding hydrogens is 400 g/mol. The molecule has 0 spiro atoms. The number of hydrogen-bond donors (Lipinski definition) is 2. The highest BCUT2D eigenvalue weighted by Gasteiger charge is 2.19. The van der Waals surface area contributed by atoms with Crippen LogP contribution in [0.5, 0.6) is 0 Å². The van der Waals surface area contributed by atoms with E-state index in [0.717, 1.165) is 24.2 Å². The van der Waals surface area contributed by atoms with Gasteiger partial charge in [0.2, 0.25) is 10.0 Å². The van der Waals surface area contributed by atoms with E-state index in [1.807, 2.05) is 6.92 Å². The lowest BCUT2D eigenvalue weighted by molar-refractivity contribution is 0.103. The Kier molecular flexibility index (Phi) is 5.64. The number of rotatable bonds is 6. The van der Waals surface area contributed by atoms with Gasteiger partial charge in [-0.05, 0) is 43.2 Å². The summed E-state index contributed by atoms with van der Waals surface area (Å²) in [5, 5.41) is 8.23. The summed E-state index contributed by atoms with van der Waals surface area (Å²) in [5.74, 6) is -0.386. The van der Waals surface area contributed by atoms with Gasteiger partial charge < -0.3 is 5.32 Å². The van der Waals surface area contributed by atoms with E-state index in [0.29, 0.717) is 32.9 Å². The van der Waals surface area contributed by atoms with Crippen molar-refractivity contribution >= 4 is 43.2 Å². The third kappa shape index (κ3) is 3.98. The van der Waals surface area contributed by atoms with E-state index in [9.17, 15) is 18.0 Å². The number of nitrogens with zero attached hydrogens (tertiary/aromatic N) is 2. The molecule has 3 aromatic rings. The molecule has 0 radical (unpaired) electrons. The zero-order valence-electron chi connectivity index (χ0n) is 15.4. The molecule has 10 heteroatoms. The first-order valence-electron chi connectivity index (χ1n) is 8.65. The first-order chi connectivity index (χ1) is 13.2. The van der Waals surface area contributed by atoms with Crippen molar-refractivity contribution in [2.45, 2.75) is 38.1 Å². The molecule has 0 aliphatic heterocycles. The number of benzene rings is 1. The number of nitrogens with two attached hydrogens (primary N) is 1. The Hall–Kier alpha value is -2.56. The fourth-order valence-electron chi connectivity index (χ4n) is 2.78. The molecule has 0 aliphatic carbocycles. The quantitative estimate of drug-likeness (QED) is 0.634. The van der Waals surface area contributed by atoms with Crippen molar-refractivity contribution in [3.05, 3.63) is 51.4 Å². The molecule has 3 rings (SSSR count). The van der Waals surface area contributed by atoms with Gasteiger partial charge in [0.15, 0.2) is 0 Å². The van der Waals surface area contributed by atoms with Gasteiger partial charge in [-0.3, -0.25) is 14.2 Å². The highest BCUT2D eigenvalue weighted by atomic mass is 32.2. The fourth-order valence-corrected chi connectivity index (χ4v) is 4.33. The molecule has 2 heterocycles. The van der Waals surface area contributed by atoms with Gasteiger partial charge in [-0.15, -0.1) is 11.3 Å². The summed E-state index contributed by atoms with van der Waals surface area (Å²) in [6.07, 6.45) is 3.35. The topological polar surface area (TPSA) is 124 Å². The fraction of sp³-hybridized carbons (Fsp3) is 0.278. The van der Waals surface area contributed by atoms with E-state index in [2.05, 4.69) is 10.3 Å². The molecular formula is C18H20N4O4S2. The number of hydrogen-bond acceptors (Lipinski definition) is 6. The Balaban J connectivity index is 1.91. The maximum atomic E-state index is 12.7. The van der Waals surface area contributed by atoms with Crippen LogP contribution in [0.3, 0.4) is 0 Å². The maximum Gasteiger partial charge on any atom is 0.266 e. The second-order valence-corrected chi connectivity index (χ2v) is 8.92. The second-order valence-electron chi connectivity index (χ2n) is 6.36. The van der Waals surface area contributed by atoms with Crippen LogP contribution >= 0.6 is 11.3 Å². The van der Waals surface area contributed by atoms with Gasteiger partial charge in [-0.2, -0.15) is 0 Å². The zero-order chi connectivity index (χ0) is 20.5. The molecule has 0 fully saturated rings. The molecule has 1 amide bonds. The first kappa shape index (κ1) is 20.2. The lowest BCUT2D eigenvalue weighted by Crippen LogP contribution is -2.20. The average molecular weight is 421 g/mol. The number of unbranched alkanes of at least 4 members (excludes halogenated alkanes) is 1. The van der Waals surface area contributed by atoms with Crippen molar-refractivity contribution in [2.75, 3.05) is 5.32 Å². The number of amides is 1. The van der Waals surface area contributed by atoms with Crippen LogP contribution in [0, 0.1) is 6.92 Å². The van der Waals surface area contributed by atoms with Crippen LogP contribution in [-0.2, 0) is 16.6 Å². The third-order valence-electron chi connectivity index (χ3n) is 4.32. The zero-order valence-corrected chi connectivity index (χ0v) is 17.1. The van der Waals surface area contributed by atoms with Crippen LogP contribution in [0.4, 0.5) is 5.69 Å². The Bertz CT molecular complexity index is 1190. The summed E-state index contributed by atoms with van der Waals surface area (Å²) in [4.78, 5) is 30.6.